The molecule has 35 heavy (non-hydrogen) atoms. The normalized spacial score (nSPS) is 11.4. The van der Waals surface area contributed by atoms with E-state index in [0.717, 1.165) is 13.0 Å². The Hall–Kier alpha value is -1.57. The summed E-state index contributed by atoms with van der Waals surface area (Å²) < 4.78 is 5.06. The van der Waals surface area contributed by atoms with Crippen LogP contribution >= 0.6 is 0 Å². The predicted octanol–water partition coefficient (Wildman–Crippen LogP) is 9.82. The molecular formula is C33H57N2+. The maximum atomic E-state index is 2.54. The molecule has 0 N–H and O–H groups in total. The summed E-state index contributed by atoms with van der Waals surface area (Å²) in [5, 5.41) is 0. The number of imidazole rings is 1. The van der Waals surface area contributed by atoms with Gasteiger partial charge in [-0.1, -0.05) is 140 Å². The summed E-state index contributed by atoms with van der Waals surface area (Å²) in [7, 11) is 0. The zero-order chi connectivity index (χ0) is 24.8. The number of nitrogens with zero attached hydrogens (tertiary/aromatic N) is 2. The Balaban J connectivity index is 1.59. The van der Waals surface area contributed by atoms with Gasteiger partial charge in [-0.05, 0) is 31.2 Å². The molecule has 0 aliphatic rings. The molecule has 2 rings (SSSR count). The second-order valence-corrected chi connectivity index (χ2v) is 10.8. The zero-order valence-electron chi connectivity index (χ0n) is 23.5. The molecule has 0 atom stereocenters. The first-order chi connectivity index (χ1) is 17.3. The van der Waals surface area contributed by atoms with Gasteiger partial charge < -0.3 is 0 Å². The molecule has 2 heteroatoms. The van der Waals surface area contributed by atoms with Crippen LogP contribution in [0.15, 0.2) is 42.7 Å². The van der Waals surface area contributed by atoms with Gasteiger partial charge in [-0.15, -0.1) is 0 Å². The fraction of sp³-hybridized carbons (Fsp3) is 0.727. The average Bonchev–Trinajstić information content (AvgIpc) is 3.25. The van der Waals surface area contributed by atoms with Crippen LogP contribution in [0.3, 0.4) is 0 Å². The highest BCUT2D eigenvalue weighted by molar-refractivity contribution is 5.18. The number of aryl methyl sites for hydroxylation is 2. The molecule has 0 aliphatic carbocycles. The topological polar surface area (TPSA) is 8.81 Å². The smallest absolute Gasteiger partial charge is 0.234 e. The molecule has 1 heterocycles. The van der Waals surface area contributed by atoms with Crippen molar-refractivity contribution in [3.05, 3.63) is 54.1 Å². The fourth-order valence-corrected chi connectivity index (χ4v) is 5.25. The number of rotatable bonds is 23. The molecule has 0 spiro atoms. The van der Waals surface area contributed by atoms with Crippen molar-refractivity contribution >= 4 is 0 Å². The Morgan fingerprint density at radius 3 is 1.60 bits per heavy atom. The van der Waals surface area contributed by atoms with Gasteiger partial charge in [0, 0.05) is 0 Å². The standard InChI is InChI=1S/C33H57N2/c1-3-5-7-9-10-11-12-13-14-15-16-17-18-19-24-28-35-30-29-34(27-23-8-6-4-2)33(35)31-32-25-21-20-22-26-32/h20-22,25-26,29-30H,3-19,23-24,27-28,31H2,1-2H3/q+1. The van der Waals surface area contributed by atoms with Crippen molar-refractivity contribution in [1.29, 1.82) is 0 Å². The third-order valence-corrected chi connectivity index (χ3v) is 7.55. The van der Waals surface area contributed by atoms with E-state index >= 15 is 0 Å². The summed E-state index contributed by atoms with van der Waals surface area (Å²) in [5.74, 6) is 1.48. The maximum absolute atomic E-state index is 2.54. The van der Waals surface area contributed by atoms with E-state index in [0.29, 0.717) is 0 Å². The monoisotopic (exact) mass is 481 g/mol. The van der Waals surface area contributed by atoms with Crippen molar-refractivity contribution in [2.75, 3.05) is 0 Å². The van der Waals surface area contributed by atoms with Gasteiger partial charge in [0.15, 0.2) is 0 Å². The Labute approximate surface area is 218 Å². The van der Waals surface area contributed by atoms with Crippen LogP contribution in [0.1, 0.15) is 147 Å². The molecule has 0 unspecified atom stereocenters. The predicted molar refractivity (Wildman–Crippen MR) is 153 cm³/mol. The third-order valence-electron chi connectivity index (χ3n) is 7.55. The van der Waals surface area contributed by atoms with Gasteiger partial charge >= 0.3 is 0 Å². The highest BCUT2D eigenvalue weighted by atomic mass is 15.1. The molecular weight excluding hydrogens is 424 g/mol. The first-order valence-electron chi connectivity index (χ1n) is 15.5. The van der Waals surface area contributed by atoms with Crippen LogP contribution in [-0.2, 0) is 19.5 Å². The van der Waals surface area contributed by atoms with Gasteiger partial charge in [0.25, 0.3) is 5.82 Å². The van der Waals surface area contributed by atoms with E-state index < -0.39 is 0 Å². The molecule has 0 saturated heterocycles. The molecule has 1 aromatic carbocycles. The van der Waals surface area contributed by atoms with E-state index in [4.69, 9.17) is 0 Å². The third kappa shape index (κ3) is 13.9. The second-order valence-electron chi connectivity index (χ2n) is 10.8. The minimum Gasteiger partial charge on any atom is -0.234 e. The zero-order valence-corrected chi connectivity index (χ0v) is 23.5. The van der Waals surface area contributed by atoms with Gasteiger partial charge in [-0.3, -0.25) is 0 Å². The fourth-order valence-electron chi connectivity index (χ4n) is 5.25. The lowest BCUT2D eigenvalue weighted by Crippen LogP contribution is -2.37. The van der Waals surface area contributed by atoms with Crippen LogP contribution < -0.4 is 4.57 Å². The van der Waals surface area contributed by atoms with Crippen molar-refractivity contribution in [1.82, 2.24) is 4.57 Å². The van der Waals surface area contributed by atoms with Gasteiger partial charge in [0.1, 0.15) is 12.4 Å². The lowest BCUT2D eigenvalue weighted by Gasteiger charge is -2.07. The van der Waals surface area contributed by atoms with Crippen molar-refractivity contribution in [2.24, 2.45) is 0 Å². The molecule has 198 valence electrons. The summed E-state index contributed by atoms with van der Waals surface area (Å²) in [6.07, 6.45) is 32.4. The lowest BCUT2D eigenvalue weighted by atomic mass is 10.0. The number of aromatic nitrogens is 2. The van der Waals surface area contributed by atoms with Crippen LogP contribution in [0.2, 0.25) is 0 Å². The van der Waals surface area contributed by atoms with E-state index in [2.05, 4.69) is 65.7 Å². The van der Waals surface area contributed by atoms with E-state index in [1.54, 1.807) is 0 Å². The highest BCUT2D eigenvalue weighted by Gasteiger charge is 2.17. The molecule has 0 amide bonds. The van der Waals surface area contributed by atoms with Crippen LogP contribution in [-0.4, -0.2) is 4.57 Å². The Bertz CT molecular complexity index is 718. The lowest BCUT2D eigenvalue weighted by molar-refractivity contribution is -0.703. The Morgan fingerprint density at radius 1 is 0.571 bits per heavy atom. The number of hydrogen-bond acceptors (Lipinski definition) is 0. The van der Waals surface area contributed by atoms with Crippen LogP contribution in [0.25, 0.3) is 0 Å². The van der Waals surface area contributed by atoms with Crippen molar-refractivity contribution in [2.45, 2.75) is 155 Å². The van der Waals surface area contributed by atoms with E-state index in [-0.39, 0.29) is 0 Å². The quantitative estimate of drug-likeness (QED) is 0.110. The van der Waals surface area contributed by atoms with Gasteiger partial charge in [0.05, 0.1) is 19.5 Å². The minimum absolute atomic E-state index is 1.04. The van der Waals surface area contributed by atoms with E-state index in [1.807, 2.05) is 0 Å². The van der Waals surface area contributed by atoms with Crippen LogP contribution in [0, 0.1) is 0 Å². The number of benzene rings is 1. The first kappa shape index (κ1) is 29.7. The molecule has 2 aromatic rings. The molecule has 0 saturated carbocycles. The van der Waals surface area contributed by atoms with Crippen LogP contribution in [0.4, 0.5) is 0 Å². The number of hydrogen-bond donors (Lipinski definition) is 0. The molecule has 0 radical (unpaired) electrons. The first-order valence-corrected chi connectivity index (χ1v) is 15.5. The van der Waals surface area contributed by atoms with Gasteiger partial charge in [-0.2, -0.15) is 0 Å². The van der Waals surface area contributed by atoms with Crippen molar-refractivity contribution < 1.29 is 4.57 Å². The summed E-state index contributed by atoms with van der Waals surface area (Å²) in [4.78, 5) is 0. The summed E-state index contributed by atoms with van der Waals surface area (Å²) >= 11 is 0. The Morgan fingerprint density at radius 2 is 1.06 bits per heavy atom. The van der Waals surface area contributed by atoms with Gasteiger partial charge in [-0.25, -0.2) is 9.13 Å². The van der Waals surface area contributed by atoms with Gasteiger partial charge in [0.2, 0.25) is 0 Å². The second kappa shape index (κ2) is 20.6. The molecule has 0 fully saturated rings. The number of unbranched alkanes of at least 4 members (excludes halogenated alkanes) is 17. The summed E-state index contributed by atoms with van der Waals surface area (Å²) in [6, 6.07) is 11.0. The molecule has 2 nitrogen and oxygen atoms in total. The minimum atomic E-state index is 1.04. The largest absolute Gasteiger partial charge is 0.260 e. The summed E-state index contributed by atoms with van der Waals surface area (Å²) in [6.45, 7) is 6.92. The highest BCUT2D eigenvalue weighted by Crippen LogP contribution is 2.14. The molecule has 0 aliphatic heterocycles. The average molecular weight is 482 g/mol. The Kier molecular flexibility index (Phi) is 17.5. The maximum Gasteiger partial charge on any atom is 0.260 e. The van der Waals surface area contributed by atoms with Crippen molar-refractivity contribution in [3.8, 4) is 0 Å². The SMILES string of the molecule is CCCCCCCCCCCCCCCCC[n+]1ccn(CCCCCC)c1Cc1ccccc1. The molecule has 0 bridgehead atoms. The van der Waals surface area contributed by atoms with Crippen LogP contribution in [0.5, 0.6) is 0 Å². The molecule has 1 aromatic heterocycles. The van der Waals surface area contributed by atoms with Crippen molar-refractivity contribution in [3.63, 3.8) is 0 Å². The van der Waals surface area contributed by atoms with E-state index in [1.165, 1.54) is 140 Å². The van der Waals surface area contributed by atoms with E-state index in [9.17, 15) is 0 Å². The summed E-state index contributed by atoms with van der Waals surface area (Å²) in [5.41, 5.74) is 1.42.